The van der Waals surface area contributed by atoms with Gasteiger partial charge in [0.1, 0.15) is 0 Å². The van der Waals surface area contributed by atoms with E-state index in [4.69, 9.17) is 0 Å². The SMILES string of the molecule is CCN1CCc2ccc(NC(=O)C3(c4ccc(Br)cc4)CC3)cc21. The molecule has 0 spiro atoms. The van der Waals surface area contributed by atoms with E-state index in [-0.39, 0.29) is 11.3 Å². The first-order valence-corrected chi connectivity index (χ1v) is 9.37. The first kappa shape index (κ1) is 15.7. The molecule has 2 aliphatic rings. The Morgan fingerprint density at radius 1 is 1.21 bits per heavy atom. The number of carbonyl (C=O) groups excluding carboxylic acids is 1. The molecule has 1 heterocycles. The first-order valence-electron chi connectivity index (χ1n) is 8.58. The Morgan fingerprint density at radius 2 is 1.96 bits per heavy atom. The molecule has 4 rings (SSSR count). The quantitative estimate of drug-likeness (QED) is 0.841. The molecule has 124 valence electrons. The Kier molecular flexibility index (Phi) is 3.87. The molecule has 0 atom stereocenters. The Labute approximate surface area is 151 Å². The maximum Gasteiger partial charge on any atom is 0.235 e. The highest BCUT2D eigenvalue weighted by molar-refractivity contribution is 9.10. The molecule has 1 aliphatic heterocycles. The molecule has 24 heavy (non-hydrogen) atoms. The predicted octanol–water partition coefficient (Wildman–Crippen LogP) is 4.50. The maximum atomic E-state index is 12.9. The second-order valence-corrected chi connectivity index (χ2v) is 7.63. The molecule has 2 aromatic carbocycles. The van der Waals surface area contributed by atoms with Gasteiger partial charge in [0.05, 0.1) is 5.41 Å². The lowest BCUT2D eigenvalue weighted by atomic mass is 9.95. The van der Waals surface area contributed by atoms with Crippen molar-refractivity contribution in [3.63, 3.8) is 0 Å². The molecule has 0 aromatic heterocycles. The molecule has 1 fully saturated rings. The van der Waals surface area contributed by atoms with Crippen molar-refractivity contribution in [2.24, 2.45) is 0 Å². The topological polar surface area (TPSA) is 32.3 Å². The second-order valence-electron chi connectivity index (χ2n) is 6.72. The molecule has 0 radical (unpaired) electrons. The van der Waals surface area contributed by atoms with E-state index >= 15 is 0 Å². The summed E-state index contributed by atoms with van der Waals surface area (Å²) in [6, 6.07) is 14.4. The second kappa shape index (κ2) is 5.92. The van der Waals surface area contributed by atoms with Gasteiger partial charge in [-0.15, -0.1) is 0 Å². The van der Waals surface area contributed by atoms with E-state index in [2.05, 4.69) is 57.3 Å². The van der Waals surface area contributed by atoms with Crippen LogP contribution in [0.15, 0.2) is 46.9 Å². The van der Waals surface area contributed by atoms with E-state index in [0.717, 1.165) is 48.1 Å². The largest absolute Gasteiger partial charge is 0.371 e. The average Bonchev–Trinajstić information content (AvgIpc) is 3.30. The van der Waals surface area contributed by atoms with Gasteiger partial charge in [0.15, 0.2) is 0 Å². The molecule has 1 saturated carbocycles. The van der Waals surface area contributed by atoms with Gasteiger partial charge in [-0.1, -0.05) is 34.1 Å². The third-order valence-electron chi connectivity index (χ3n) is 5.30. The summed E-state index contributed by atoms with van der Waals surface area (Å²) in [4.78, 5) is 15.3. The Hall–Kier alpha value is -1.81. The normalized spacial score (nSPS) is 17.5. The predicted molar refractivity (Wildman–Crippen MR) is 102 cm³/mol. The molecule has 2 aromatic rings. The zero-order valence-electron chi connectivity index (χ0n) is 13.8. The molecular formula is C20H21BrN2O. The molecule has 0 unspecified atom stereocenters. The van der Waals surface area contributed by atoms with E-state index in [9.17, 15) is 4.79 Å². The Bertz CT molecular complexity index is 781. The van der Waals surface area contributed by atoms with Crippen LogP contribution in [0, 0.1) is 0 Å². The minimum absolute atomic E-state index is 0.116. The molecule has 0 bridgehead atoms. The monoisotopic (exact) mass is 384 g/mol. The van der Waals surface area contributed by atoms with Gasteiger partial charge >= 0.3 is 0 Å². The van der Waals surface area contributed by atoms with E-state index in [0.29, 0.717) is 0 Å². The van der Waals surface area contributed by atoms with Gasteiger partial charge in [-0.3, -0.25) is 4.79 Å². The Balaban J connectivity index is 1.56. The number of halogens is 1. The highest BCUT2D eigenvalue weighted by atomic mass is 79.9. The number of hydrogen-bond donors (Lipinski definition) is 1. The van der Waals surface area contributed by atoms with E-state index < -0.39 is 0 Å². The van der Waals surface area contributed by atoms with Crippen LogP contribution in [0.5, 0.6) is 0 Å². The standard InChI is InChI=1S/C20H21BrN2O/c1-2-23-12-9-14-3-8-17(13-18(14)23)22-19(24)20(10-11-20)15-4-6-16(21)7-5-15/h3-8,13H,2,9-12H2,1H3,(H,22,24). The van der Waals surface area contributed by atoms with Crippen LogP contribution in [-0.2, 0) is 16.6 Å². The van der Waals surface area contributed by atoms with Gasteiger partial charge in [-0.2, -0.15) is 0 Å². The summed E-state index contributed by atoms with van der Waals surface area (Å²) >= 11 is 3.46. The molecule has 1 N–H and O–H groups in total. The van der Waals surface area contributed by atoms with Gasteiger partial charge in [0, 0.05) is 28.9 Å². The van der Waals surface area contributed by atoms with Crippen molar-refractivity contribution in [3.05, 3.63) is 58.1 Å². The number of benzene rings is 2. The van der Waals surface area contributed by atoms with E-state index in [1.807, 2.05) is 18.2 Å². The number of hydrogen-bond acceptors (Lipinski definition) is 2. The van der Waals surface area contributed by atoms with Crippen molar-refractivity contribution < 1.29 is 4.79 Å². The summed E-state index contributed by atoms with van der Waals surface area (Å²) in [5.41, 5.74) is 4.32. The summed E-state index contributed by atoms with van der Waals surface area (Å²) in [7, 11) is 0. The van der Waals surface area contributed by atoms with Crippen molar-refractivity contribution in [1.82, 2.24) is 0 Å². The van der Waals surface area contributed by atoms with Crippen molar-refractivity contribution in [3.8, 4) is 0 Å². The zero-order valence-corrected chi connectivity index (χ0v) is 15.4. The lowest BCUT2D eigenvalue weighted by molar-refractivity contribution is -0.118. The first-order chi connectivity index (χ1) is 11.6. The molecule has 3 nitrogen and oxygen atoms in total. The van der Waals surface area contributed by atoms with Crippen LogP contribution in [0.2, 0.25) is 0 Å². The van der Waals surface area contributed by atoms with Crippen LogP contribution in [0.25, 0.3) is 0 Å². The molecule has 0 saturated heterocycles. The molecule has 1 aliphatic carbocycles. The van der Waals surface area contributed by atoms with Crippen LogP contribution in [-0.4, -0.2) is 19.0 Å². The lowest BCUT2D eigenvalue weighted by Crippen LogP contribution is -2.28. The van der Waals surface area contributed by atoms with Gasteiger partial charge in [-0.05, 0) is 61.6 Å². The minimum atomic E-state index is -0.343. The molecule has 4 heteroatoms. The highest BCUT2D eigenvalue weighted by Crippen LogP contribution is 2.49. The smallest absolute Gasteiger partial charge is 0.235 e. The highest BCUT2D eigenvalue weighted by Gasteiger charge is 2.51. The number of nitrogens with zero attached hydrogens (tertiary/aromatic N) is 1. The maximum absolute atomic E-state index is 12.9. The lowest BCUT2D eigenvalue weighted by Gasteiger charge is -2.19. The average molecular weight is 385 g/mol. The van der Waals surface area contributed by atoms with Crippen LogP contribution in [0.1, 0.15) is 30.9 Å². The van der Waals surface area contributed by atoms with Crippen LogP contribution in [0.3, 0.4) is 0 Å². The minimum Gasteiger partial charge on any atom is -0.371 e. The number of rotatable bonds is 4. The zero-order chi connectivity index (χ0) is 16.7. The summed E-state index contributed by atoms with van der Waals surface area (Å²) in [5.74, 6) is 0.116. The number of carbonyl (C=O) groups is 1. The molecule has 1 amide bonds. The number of anilines is 2. The summed E-state index contributed by atoms with van der Waals surface area (Å²) in [6.45, 7) is 4.26. The van der Waals surface area contributed by atoms with Crippen LogP contribution < -0.4 is 10.2 Å². The van der Waals surface area contributed by atoms with Crippen LogP contribution in [0.4, 0.5) is 11.4 Å². The summed E-state index contributed by atoms with van der Waals surface area (Å²) in [6.07, 6.45) is 2.94. The third-order valence-corrected chi connectivity index (χ3v) is 5.83. The Morgan fingerprint density at radius 3 is 2.62 bits per heavy atom. The number of nitrogens with one attached hydrogen (secondary N) is 1. The fourth-order valence-corrected chi connectivity index (χ4v) is 3.91. The van der Waals surface area contributed by atoms with Gasteiger partial charge in [0.25, 0.3) is 0 Å². The van der Waals surface area contributed by atoms with Crippen molar-refractivity contribution in [2.75, 3.05) is 23.3 Å². The van der Waals surface area contributed by atoms with E-state index in [1.54, 1.807) is 0 Å². The van der Waals surface area contributed by atoms with Gasteiger partial charge in [0.2, 0.25) is 5.91 Å². The molecular weight excluding hydrogens is 364 g/mol. The summed E-state index contributed by atoms with van der Waals surface area (Å²) in [5, 5.41) is 3.15. The van der Waals surface area contributed by atoms with Crippen molar-refractivity contribution >= 4 is 33.2 Å². The number of fused-ring (bicyclic) bond motifs is 1. The van der Waals surface area contributed by atoms with Crippen molar-refractivity contribution in [2.45, 2.75) is 31.6 Å². The number of amides is 1. The third kappa shape index (κ3) is 2.63. The number of likely N-dealkylation sites (N-methyl/N-ethyl adjacent to an activating group) is 1. The van der Waals surface area contributed by atoms with Gasteiger partial charge < -0.3 is 10.2 Å². The van der Waals surface area contributed by atoms with Crippen molar-refractivity contribution in [1.29, 1.82) is 0 Å². The van der Waals surface area contributed by atoms with Crippen LogP contribution >= 0.6 is 15.9 Å². The van der Waals surface area contributed by atoms with Gasteiger partial charge in [-0.25, -0.2) is 0 Å². The fraction of sp³-hybridized carbons (Fsp3) is 0.350. The van der Waals surface area contributed by atoms with E-state index in [1.165, 1.54) is 11.3 Å². The summed E-state index contributed by atoms with van der Waals surface area (Å²) < 4.78 is 1.04. The fourth-order valence-electron chi connectivity index (χ4n) is 3.64.